The average molecular weight is 267 g/mol. The summed E-state index contributed by atoms with van der Waals surface area (Å²) in [5.74, 6) is 0.570. The van der Waals surface area contributed by atoms with E-state index in [0.717, 1.165) is 19.5 Å². The molecule has 1 aliphatic heterocycles. The van der Waals surface area contributed by atoms with Crippen molar-refractivity contribution < 1.29 is 14.4 Å². The number of amides is 1. The Bertz CT molecular complexity index is 425. The standard InChI is InChI=1S/C13H21N3O3/c1-3-11(17)9-15-4-6-16(7-5-15)13(18)12-8-10(2)19-14-12/h8,11,17H,3-7,9H2,1-2H3. The number of piperazine rings is 1. The van der Waals surface area contributed by atoms with Crippen LogP contribution in [0.15, 0.2) is 10.6 Å². The Morgan fingerprint density at radius 1 is 1.47 bits per heavy atom. The number of hydrogen-bond acceptors (Lipinski definition) is 5. The monoisotopic (exact) mass is 267 g/mol. The van der Waals surface area contributed by atoms with Gasteiger partial charge < -0.3 is 14.5 Å². The van der Waals surface area contributed by atoms with Crippen LogP contribution in [-0.2, 0) is 0 Å². The molecule has 1 amide bonds. The van der Waals surface area contributed by atoms with E-state index >= 15 is 0 Å². The van der Waals surface area contributed by atoms with Crippen molar-refractivity contribution in [1.29, 1.82) is 0 Å². The first-order chi connectivity index (χ1) is 9.10. The summed E-state index contributed by atoms with van der Waals surface area (Å²) in [5.41, 5.74) is 0.375. The van der Waals surface area contributed by atoms with E-state index < -0.39 is 0 Å². The fourth-order valence-electron chi connectivity index (χ4n) is 2.19. The highest BCUT2D eigenvalue weighted by Crippen LogP contribution is 2.10. The van der Waals surface area contributed by atoms with Gasteiger partial charge in [0.05, 0.1) is 6.10 Å². The van der Waals surface area contributed by atoms with Crippen LogP contribution < -0.4 is 0 Å². The summed E-state index contributed by atoms with van der Waals surface area (Å²) >= 11 is 0. The van der Waals surface area contributed by atoms with E-state index in [1.165, 1.54) is 0 Å². The molecule has 1 aromatic heterocycles. The maximum absolute atomic E-state index is 12.1. The van der Waals surface area contributed by atoms with Crippen molar-refractivity contribution in [3.63, 3.8) is 0 Å². The van der Waals surface area contributed by atoms with Crippen LogP contribution in [0.1, 0.15) is 29.6 Å². The topological polar surface area (TPSA) is 69.8 Å². The van der Waals surface area contributed by atoms with Crippen LogP contribution in [0, 0.1) is 6.92 Å². The van der Waals surface area contributed by atoms with Crippen molar-refractivity contribution in [1.82, 2.24) is 15.0 Å². The van der Waals surface area contributed by atoms with Crippen LogP contribution in [0.4, 0.5) is 0 Å². The van der Waals surface area contributed by atoms with Crippen LogP contribution in [0.25, 0.3) is 0 Å². The van der Waals surface area contributed by atoms with Gasteiger partial charge in [-0.3, -0.25) is 9.69 Å². The molecule has 2 rings (SSSR count). The van der Waals surface area contributed by atoms with E-state index in [-0.39, 0.29) is 12.0 Å². The highest BCUT2D eigenvalue weighted by molar-refractivity contribution is 5.92. The number of aliphatic hydroxyl groups is 1. The van der Waals surface area contributed by atoms with E-state index in [2.05, 4.69) is 10.1 Å². The smallest absolute Gasteiger partial charge is 0.276 e. The molecule has 2 heterocycles. The molecule has 6 heteroatoms. The third-order valence-electron chi connectivity index (χ3n) is 3.45. The van der Waals surface area contributed by atoms with Gasteiger partial charge in [-0.05, 0) is 13.3 Å². The van der Waals surface area contributed by atoms with Crippen molar-refractivity contribution in [3.05, 3.63) is 17.5 Å². The lowest BCUT2D eigenvalue weighted by molar-refractivity contribution is 0.0516. The summed E-state index contributed by atoms with van der Waals surface area (Å²) in [7, 11) is 0. The average Bonchev–Trinajstić information content (AvgIpc) is 2.85. The zero-order valence-corrected chi connectivity index (χ0v) is 11.5. The quantitative estimate of drug-likeness (QED) is 0.861. The number of nitrogens with zero attached hydrogens (tertiary/aromatic N) is 3. The summed E-state index contributed by atoms with van der Waals surface area (Å²) in [5, 5.41) is 13.4. The number of aryl methyl sites for hydroxylation is 1. The maximum Gasteiger partial charge on any atom is 0.276 e. The van der Waals surface area contributed by atoms with Gasteiger partial charge in [0.25, 0.3) is 5.91 Å². The molecule has 1 aliphatic rings. The van der Waals surface area contributed by atoms with Gasteiger partial charge in [0.15, 0.2) is 5.69 Å². The van der Waals surface area contributed by atoms with Gasteiger partial charge in [-0.2, -0.15) is 0 Å². The molecule has 0 bridgehead atoms. The molecular weight excluding hydrogens is 246 g/mol. The molecule has 1 atom stereocenters. The van der Waals surface area contributed by atoms with E-state index in [4.69, 9.17) is 4.52 Å². The van der Waals surface area contributed by atoms with E-state index in [0.29, 0.717) is 31.1 Å². The lowest BCUT2D eigenvalue weighted by Gasteiger charge is -2.35. The number of hydrogen-bond donors (Lipinski definition) is 1. The second-order valence-electron chi connectivity index (χ2n) is 4.98. The number of aliphatic hydroxyl groups excluding tert-OH is 1. The Morgan fingerprint density at radius 2 is 2.16 bits per heavy atom. The van der Waals surface area contributed by atoms with Crippen LogP contribution in [0.3, 0.4) is 0 Å². The minimum Gasteiger partial charge on any atom is -0.392 e. The van der Waals surface area contributed by atoms with Gasteiger partial charge in [-0.1, -0.05) is 12.1 Å². The lowest BCUT2D eigenvalue weighted by atomic mass is 10.2. The molecule has 6 nitrogen and oxygen atoms in total. The van der Waals surface area contributed by atoms with Crippen LogP contribution in [0.5, 0.6) is 0 Å². The lowest BCUT2D eigenvalue weighted by Crippen LogP contribution is -2.50. The molecule has 0 aromatic carbocycles. The summed E-state index contributed by atoms with van der Waals surface area (Å²) in [4.78, 5) is 16.1. The van der Waals surface area contributed by atoms with Crippen molar-refractivity contribution in [2.24, 2.45) is 0 Å². The van der Waals surface area contributed by atoms with Crippen molar-refractivity contribution >= 4 is 5.91 Å². The maximum atomic E-state index is 12.1. The number of rotatable bonds is 4. The molecule has 1 saturated heterocycles. The molecule has 106 valence electrons. The summed E-state index contributed by atoms with van der Waals surface area (Å²) in [6, 6.07) is 1.66. The number of carbonyl (C=O) groups excluding carboxylic acids is 1. The largest absolute Gasteiger partial charge is 0.392 e. The Kier molecular flexibility index (Phi) is 4.55. The molecule has 0 saturated carbocycles. The van der Waals surface area contributed by atoms with E-state index in [1.807, 2.05) is 6.92 Å². The number of β-amino-alcohol motifs (C(OH)–C–C–N with tert-alkyl or cyclic N) is 1. The second kappa shape index (κ2) is 6.16. The zero-order chi connectivity index (χ0) is 13.8. The number of aromatic nitrogens is 1. The SMILES string of the molecule is CCC(O)CN1CCN(C(=O)c2cc(C)on2)CC1. The first-order valence-electron chi connectivity index (χ1n) is 6.73. The van der Waals surface area contributed by atoms with Crippen LogP contribution in [0.2, 0.25) is 0 Å². The molecule has 1 fully saturated rings. The second-order valence-corrected chi connectivity index (χ2v) is 4.98. The molecule has 1 unspecified atom stereocenters. The van der Waals surface area contributed by atoms with Crippen molar-refractivity contribution in [3.8, 4) is 0 Å². The number of carbonyl (C=O) groups is 1. The Hall–Kier alpha value is -1.40. The highest BCUT2D eigenvalue weighted by atomic mass is 16.5. The van der Waals surface area contributed by atoms with E-state index in [1.54, 1.807) is 17.9 Å². The molecule has 0 spiro atoms. The zero-order valence-electron chi connectivity index (χ0n) is 11.5. The molecule has 1 aromatic rings. The van der Waals surface area contributed by atoms with Gasteiger partial charge >= 0.3 is 0 Å². The van der Waals surface area contributed by atoms with Gasteiger partial charge in [0, 0.05) is 38.8 Å². The molecular formula is C13H21N3O3. The fourth-order valence-corrected chi connectivity index (χ4v) is 2.19. The summed E-state index contributed by atoms with van der Waals surface area (Å²) < 4.78 is 4.92. The first-order valence-corrected chi connectivity index (χ1v) is 6.73. The third kappa shape index (κ3) is 3.54. The fraction of sp³-hybridized carbons (Fsp3) is 0.692. The van der Waals surface area contributed by atoms with Crippen molar-refractivity contribution in [2.75, 3.05) is 32.7 Å². The predicted octanol–water partition coefficient (Wildman–Crippen LogP) is 0.512. The van der Waals surface area contributed by atoms with Crippen LogP contribution in [-0.4, -0.2) is 64.8 Å². The van der Waals surface area contributed by atoms with Crippen molar-refractivity contribution in [2.45, 2.75) is 26.4 Å². The van der Waals surface area contributed by atoms with Gasteiger partial charge in [0.2, 0.25) is 0 Å². The Balaban J connectivity index is 1.84. The normalized spacial score (nSPS) is 18.6. The Labute approximate surface area is 113 Å². The summed E-state index contributed by atoms with van der Waals surface area (Å²) in [6.07, 6.45) is 0.484. The predicted molar refractivity (Wildman–Crippen MR) is 69.9 cm³/mol. The van der Waals surface area contributed by atoms with Gasteiger partial charge in [-0.25, -0.2) is 0 Å². The third-order valence-corrected chi connectivity index (χ3v) is 3.45. The first kappa shape index (κ1) is 14.0. The van der Waals surface area contributed by atoms with E-state index in [9.17, 15) is 9.90 Å². The molecule has 0 radical (unpaired) electrons. The Morgan fingerprint density at radius 3 is 2.68 bits per heavy atom. The van der Waals surface area contributed by atoms with Gasteiger partial charge in [0.1, 0.15) is 5.76 Å². The van der Waals surface area contributed by atoms with Crippen LogP contribution >= 0.6 is 0 Å². The minimum atomic E-state index is -0.277. The molecule has 1 N–H and O–H groups in total. The molecule has 0 aliphatic carbocycles. The summed E-state index contributed by atoms with van der Waals surface area (Å²) in [6.45, 7) is 7.34. The molecule has 19 heavy (non-hydrogen) atoms. The highest BCUT2D eigenvalue weighted by Gasteiger charge is 2.24. The van der Waals surface area contributed by atoms with Gasteiger partial charge in [-0.15, -0.1) is 0 Å². The minimum absolute atomic E-state index is 0.0764.